The van der Waals surface area contributed by atoms with Gasteiger partial charge in [0, 0.05) is 12.1 Å². The van der Waals surface area contributed by atoms with Gasteiger partial charge in [0.2, 0.25) is 0 Å². The molecule has 0 bridgehead atoms. The van der Waals surface area contributed by atoms with Gasteiger partial charge in [-0.15, -0.1) is 22.7 Å². The molecule has 0 spiro atoms. The van der Waals surface area contributed by atoms with Gasteiger partial charge in [0.1, 0.15) is 5.01 Å². The maximum absolute atomic E-state index is 12.5. The number of nitrogens with zero attached hydrogens (tertiary/aromatic N) is 1. The molecule has 0 saturated carbocycles. The fourth-order valence-electron chi connectivity index (χ4n) is 3.07. The molecule has 2 N–H and O–H groups in total. The molecule has 1 aliphatic rings. The van der Waals surface area contributed by atoms with Crippen molar-refractivity contribution in [2.75, 3.05) is 6.54 Å². The molecule has 1 aromatic carbocycles. The highest BCUT2D eigenvalue weighted by atomic mass is 32.1. The van der Waals surface area contributed by atoms with Crippen molar-refractivity contribution in [2.45, 2.75) is 31.8 Å². The molecule has 4 nitrogen and oxygen atoms in total. The SMILES string of the molecule is CC1CC(NC(=O)c2ccc(-c3nc4ccccc4s3)s2)CCN1. The molecule has 1 saturated heterocycles. The van der Waals surface area contributed by atoms with Crippen LogP contribution in [-0.4, -0.2) is 29.5 Å². The summed E-state index contributed by atoms with van der Waals surface area (Å²) in [6.45, 7) is 3.13. The molecule has 2 aromatic heterocycles. The summed E-state index contributed by atoms with van der Waals surface area (Å²) in [5.74, 6) is 0.0338. The van der Waals surface area contributed by atoms with Crippen LogP contribution in [-0.2, 0) is 0 Å². The number of fused-ring (bicyclic) bond motifs is 1. The zero-order valence-electron chi connectivity index (χ0n) is 13.4. The van der Waals surface area contributed by atoms with Crippen LogP contribution in [0.15, 0.2) is 36.4 Å². The van der Waals surface area contributed by atoms with Gasteiger partial charge in [0.05, 0.1) is 20.0 Å². The minimum Gasteiger partial charge on any atom is -0.349 e. The monoisotopic (exact) mass is 357 g/mol. The van der Waals surface area contributed by atoms with Crippen molar-refractivity contribution >= 4 is 38.8 Å². The van der Waals surface area contributed by atoms with E-state index < -0.39 is 0 Å². The predicted molar refractivity (Wildman–Crippen MR) is 101 cm³/mol. The third-order valence-electron chi connectivity index (χ3n) is 4.29. The number of piperidine rings is 1. The van der Waals surface area contributed by atoms with E-state index in [2.05, 4.69) is 28.6 Å². The molecule has 124 valence electrons. The van der Waals surface area contributed by atoms with Crippen LogP contribution in [0.4, 0.5) is 0 Å². The Bertz CT molecular complexity index is 837. The van der Waals surface area contributed by atoms with Gasteiger partial charge in [-0.05, 0) is 50.6 Å². The van der Waals surface area contributed by atoms with Crippen molar-refractivity contribution in [3.05, 3.63) is 41.3 Å². The summed E-state index contributed by atoms with van der Waals surface area (Å²) in [5.41, 5.74) is 1.01. The predicted octanol–water partition coefficient (Wildman–Crippen LogP) is 3.90. The van der Waals surface area contributed by atoms with E-state index in [0.717, 1.165) is 39.7 Å². The number of carbonyl (C=O) groups is 1. The summed E-state index contributed by atoms with van der Waals surface area (Å²) in [6.07, 6.45) is 1.98. The second kappa shape index (κ2) is 6.63. The second-order valence-electron chi connectivity index (χ2n) is 6.20. The van der Waals surface area contributed by atoms with Crippen LogP contribution in [0.2, 0.25) is 0 Å². The van der Waals surface area contributed by atoms with E-state index in [0.29, 0.717) is 6.04 Å². The van der Waals surface area contributed by atoms with Gasteiger partial charge in [0.25, 0.3) is 5.91 Å². The molecule has 1 aliphatic heterocycles. The average molecular weight is 358 g/mol. The van der Waals surface area contributed by atoms with Gasteiger partial charge in [0.15, 0.2) is 0 Å². The Morgan fingerprint density at radius 2 is 2.12 bits per heavy atom. The van der Waals surface area contributed by atoms with Crippen LogP contribution >= 0.6 is 22.7 Å². The van der Waals surface area contributed by atoms with Gasteiger partial charge in [-0.25, -0.2) is 4.98 Å². The molecule has 2 unspecified atom stereocenters. The Balaban J connectivity index is 1.50. The van der Waals surface area contributed by atoms with E-state index >= 15 is 0 Å². The zero-order valence-corrected chi connectivity index (χ0v) is 15.0. The van der Waals surface area contributed by atoms with E-state index in [-0.39, 0.29) is 11.9 Å². The molecular weight excluding hydrogens is 338 g/mol. The van der Waals surface area contributed by atoms with Gasteiger partial charge in [-0.3, -0.25) is 4.79 Å². The number of para-hydroxylation sites is 1. The van der Waals surface area contributed by atoms with Gasteiger partial charge >= 0.3 is 0 Å². The first kappa shape index (κ1) is 15.7. The number of carbonyl (C=O) groups excluding carboxylic acids is 1. The zero-order chi connectivity index (χ0) is 16.5. The van der Waals surface area contributed by atoms with E-state index in [4.69, 9.17) is 0 Å². The number of benzene rings is 1. The number of rotatable bonds is 3. The number of amides is 1. The Hall–Kier alpha value is -1.76. The fourth-order valence-corrected chi connectivity index (χ4v) is 5.00. The molecule has 1 amide bonds. The highest BCUT2D eigenvalue weighted by molar-refractivity contribution is 7.26. The van der Waals surface area contributed by atoms with E-state index in [1.54, 1.807) is 11.3 Å². The van der Waals surface area contributed by atoms with E-state index in [9.17, 15) is 4.79 Å². The highest BCUT2D eigenvalue weighted by Crippen LogP contribution is 2.34. The van der Waals surface area contributed by atoms with Gasteiger partial charge in [-0.1, -0.05) is 12.1 Å². The number of thiazole rings is 1. The van der Waals surface area contributed by atoms with Crippen molar-refractivity contribution in [1.82, 2.24) is 15.6 Å². The topological polar surface area (TPSA) is 54.0 Å². The van der Waals surface area contributed by atoms with Crippen LogP contribution < -0.4 is 10.6 Å². The van der Waals surface area contributed by atoms with Crippen molar-refractivity contribution in [1.29, 1.82) is 0 Å². The minimum atomic E-state index is 0.0338. The number of thiophene rings is 1. The largest absolute Gasteiger partial charge is 0.349 e. The summed E-state index contributed by atoms with van der Waals surface area (Å²) in [5, 5.41) is 7.56. The van der Waals surface area contributed by atoms with Crippen molar-refractivity contribution in [3.8, 4) is 9.88 Å². The molecule has 3 aromatic rings. The summed E-state index contributed by atoms with van der Waals surface area (Å²) in [6, 6.07) is 12.8. The van der Waals surface area contributed by atoms with Crippen LogP contribution in [0.5, 0.6) is 0 Å². The Morgan fingerprint density at radius 1 is 1.25 bits per heavy atom. The van der Waals surface area contributed by atoms with Crippen molar-refractivity contribution in [2.24, 2.45) is 0 Å². The number of hydrogen-bond donors (Lipinski definition) is 2. The Morgan fingerprint density at radius 3 is 2.96 bits per heavy atom. The number of aromatic nitrogens is 1. The maximum atomic E-state index is 12.5. The summed E-state index contributed by atoms with van der Waals surface area (Å²) >= 11 is 3.19. The molecule has 1 fully saturated rings. The molecule has 6 heteroatoms. The smallest absolute Gasteiger partial charge is 0.261 e. The van der Waals surface area contributed by atoms with Crippen LogP contribution in [0.25, 0.3) is 20.1 Å². The first-order valence-electron chi connectivity index (χ1n) is 8.19. The van der Waals surface area contributed by atoms with Crippen LogP contribution in [0, 0.1) is 0 Å². The quantitative estimate of drug-likeness (QED) is 0.747. The lowest BCUT2D eigenvalue weighted by molar-refractivity contribution is 0.0930. The second-order valence-corrected chi connectivity index (χ2v) is 8.31. The first-order valence-corrected chi connectivity index (χ1v) is 9.82. The average Bonchev–Trinajstić information content (AvgIpc) is 3.21. The molecule has 4 rings (SSSR count). The first-order chi connectivity index (χ1) is 11.7. The minimum absolute atomic E-state index is 0.0338. The summed E-state index contributed by atoms with van der Waals surface area (Å²) < 4.78 is 1.18. The lowest BCUT2D eigenvalue weighted by Gasteiger charge is -2.28. The number of nitrogens with one attached hydrogen (secondary N) is 2. The third-order valence-corrected chi connectivity index (χ3v) is 6.58. The molecule has 0 aliphatic carbocycles. The summed E-state index contributed by atoms with van der Waals surface area (Å²) in [4.78, 5) is 19.0. The standard InChI is InChI=1S/C18H19N3OS2/c1-11-10-12(8-9-19-11)20-17(22)15-6-7-16(23-15)18-21-13-4-2-3-5-14(13)24-18/h2-7,11-12,19H,8-10H2,1H3,(H,20,22). The van der Waals surface area contributed by atoms with E-state index in [1.165, 1.54) is 16.0 Å². The highest BCUT2D eigenvalue weighted by Gasteiger charge is 2.21. The van der Waals surface area contributed by atoms with Crippen LogP contribution in [0.1, 0.15) is 29.4 Å². The van der Waals surface area contributed by atoms with Gasteiger partial charge in [-0.2, -0.15) is 0 Å². The lowest BCUT2D eigenvalue weighted by Crippen LogP contribution is -2.46. The number of hydrogen-bond acceptors (Lipinski definition) is 5. The normalized spacial score (nSPS) is 21.0. The fraction of sp³-hybridized carbons (Fsp3) is 0.333. The van der Waals surface area contributed by atoms with Crippen molar-refractivity contribution in [3.63, 3.8) is 0 Å². The molecule has 0 radical (unpaired) electrons. The molecule has 2 atom stereocenters. The maximum Gasteiger partial charge on any atom is 0.261 e. The third kappa shape index (κ3) is 3.22. The Kier molecular flexibility index (Phi) is 4.35. The van der Waals surface area contributed by atoms with Gasteiger partial charge < -0.3 is 10.6 Å². The summed E-state index contributed by atoms with van der Waals surface area (Å²) in [7, 11) is 0. The Labute approximate surface area is 148 Å². The van der Waals surface area contributed by atoms with Crippen LogP contribution in [0.3, 0.4) is 0 Å². The lowest BCUT2D eigenvalue weighted by atomic mass is 10.0. The molecule has 24 heavy (non-hydrogen) atoms. The molecule has 3 heterocycles. The van der Waals surface area contributed by atoms with Crippen molar-refractivity contribution < 1.29 is 4.79 Å². The van der Waals surface area contributed by atoms with E-state index in [1.807, 2.05) is 30.3 Å². The molecular formula is C18H19N3OS2.